The van der Waals surface area contributed by atoms with Gasteiger partial charge in [0.2, 0.25) is 0 Å². The Morgan fingerprint density at radius 1 is 1.11 bits per heavy atom. The lowest BCUT2D eigenvalue weighted by atomic mass is 9.97. The number of ether oxygens (including phenoxy) is 1. The largest absolute Gasteiger partial charge is 0.381 e. The summed E-state index contributed by atoms with van der Waals surface area (Å²) in [7, 11) is 0. The van der Waals surface area contributed by atoms with Gasteiger partial charge < -0.3 is 15.0 Å². The molecule has 0 aliphatic carbocycles. The Labute approximate surface area is 214 Å². The Bertz CT molecular complexity index is 1340. The van der Waals surface area contributed by atoms with E-state index in [1.54, 1.807) is 17.5 Å². The van der Waals surface area contributed by atoms with Crippen molar-refractivity contribution in [3.63, 3.8) is 0 Å². The molecule has 2 aromatic carbocycles. The van der Waals surface area contributed by atoms with Gasteiger partial charge in [0.1, 0.15) is 0 Å². The van der Waals surface area contributed by atoms with Gasteiger partial charge >= 0.3 is 0 Å². The zero-order chi connectivity index (χ0) is 24.3. The second-order valence-corrected chi connectivity index (χ2v) is 10.5. The molecule has 0 unspecified atom stereocenters. The van der Waals surface area contributed by atoms with Crippen molar-refractivity contribution in [1.29, 1.82) is 0 Å². The number of anilines is 1. The van der Waals surface area contributed by atoms with Crippen LogP contribution in [0.25, 0.3) is 5.69 Å². The maximum Gasteiger partial charge on any atom is 0.251 e. The van der Waals surface area contributed by atoms with E-state index in [1.165, 1.54) is 21.6 Å². The molecule has 2 aromatic heterocycles. The molecule has 0 bridgehead atoms. The Hall–Kier alpha value is -3.49. The Balaban J connectivity index is 1.13. The highest BCUT2D eigenvalue weighted by atomic mass is 32.1. The fraction of sp³-hybridized carbons (Fsp3) is 0.321. The van der Waals surface area contributed by atoms with Crippen molar-refractivity contribution in [2.24, 2.45) is 0 Å². The maximum atomic E-state index is 12.8. The first-order valence-electron chi connectivity index (χ1n) is 12.5. The summed E-state index contributed by atoms with van der Waals surface area (Å²) in [5.41, 5.74) is 5.57. The minimum Gasteiger partial charge on any atom is -0.381 e. The summed E-state index contributed by atoms with van der Waals surface area (Å²) in [6, 6.07) is 16.7. The third-order valence-corrected chi connectivity index (χ3v) is 7.97. The fourth-order valence-corrected chi connectivity index (χ4v) is 5.90. The van der Waals surface area contributed by atoms with Gasteiger partial charge in [0.05, 0.1) is 5.69 Å². The third-order valence-electron chi connectivity index (χ3n) is 6.91. The first-order chi connectivity index (χ1) is 17.7. The van der Waals surface area contributed by atoms with Crippen molar-refractivity contribution in [2.45, 2.75) is 38.3 Å². The van der Waals surface area contributed by atoms with Crippen LogP contribution in [0.5, 0.6) is 0 Å². The molecule has 7 nitrogen and oxygen atoms in total. The number of thiazole rings is 1. The molecule has 4 aromatic rings. The zero-order valence-corrected chi connectivity index (χ0v) is 20.9. The first-order valence-corrected chi connectivity index (χ1v) is 13.3. The summed E-state index contributed by atoms with van der Waals surface area (Å²) in [4.78, 5) is 21.2. The number of hydrogen-bond donors (Lipinski definition) is 1. The molecule has 36 heavy (non-hydrogen) atoms. The first kappa shape index (κ1) is 22.9. The van der Waals surface area contributed by atoms with E-state index < -0.39 is 0 Å². The van der Waals surface area contributed by atoms with Crippen LogP contribution >= 0.6 is 11.3 Å². The normalized spacial score (nSPS) is 16.1. The predicted molar refractivity (Wildman–Crippen MR) is 141 cm³/mol. The number of fused-ring (bicyclic) bond motifs is 1. The SMILES string of the molecule is O=C(NC1CCOCC1)c1ccc2c(c1)CN(c1ncc(Cc3cccc(-n4cccn4)c3)s1)CC2. The second-order valence-electron chi connectivity index (χ2n) is 9.42. The lowest BCUT2D eigenvalue weighted by molar-refractivity contribution is 0.0696. The summed E-state index contributed by atoms with van der Waals surface area (Å²) in [6.45, 7) is 3.14. The van der Waals surface area contributed by atoms with Crippen LogP contribution in [0.4, 0.5) is 5.13 Å². The lowest BCUT2D eigenvalue weighted by Gasteiger charge is -2.29. The quantitative estimate of drug-likeness (QED) is 0.426. The van der Waals surface area contributed by atoms with Crippen molar-refractivity contribution in [2.75, 3.05) is 24.7 Å². The molecule has 1 saturated heterocycles. The van der Waals surface area contributed by atoms with E-state index in [-0.39, 0.29) is 11.9 Å². The van der Waals surface area contributed by atoms with E-state index in [2.05, 4.69) is 51.7 Å². The lowest BCUT2D eigenvalue weighted by Crippen LogP contribution is -2.39. The summed E-state index contributed by atoms with van der Waals surface area (Å²) < 4.78 is 7.29. The molecule has 0 spiro atoms. The predicted octanol–water partition coefficient (Wildman–Crippen LogP) is 4.39. The molecule has 8 heteroatoms. The number of carbonyl (C=O) groups excluding carboxylic acids is 1. The number of benzene rings is 2. The number of hydrogen-bond acceptors (Lipinski definition) is 6. The van der Waals surface area contributed by atoms with E-state index in [0.29, 0.717) is 0 Å². The average molecular weight is 500 g/mol. The minimum absolute atomic E-state index is 0.00991. The zero-order valence-electron chi connectivity index (χ0n) is 20.1. The van der Waals surface area contributed by atoms with Crippen LogP contribution in [-0.4, -0.2) is 46.5 Å². The summed E-state index contributed by atoms with van der Waals surface area (Å²) in [6.07, 6.45) is 9.30. The molecule has 2 aliphatic rings. The molecule has 6 rings (SSSR count). The average Bonchev–Trinajstić information content (AvgIpc) is 3.62. The standard InChI is InChI=1S/C28H29N5O2S/c34-27(31-24-8-13-35-14-9-24)22-6-5-21-7-12-32(19-23(21)17-22)28-29-18-26(36-28)16-20-3-1-4-25(15-20)33-11-2-10-30-33/h1-6,10-11,15,17-18,24H,7-9,12-14,16,19H2,(H,31,34). The van der Waals surface area contributed by atoms with Gasteiger partial charge in [-0.05, 0) is 66.3 Å². The number of nitrogens with one attached hydrogen (secondary N) is 1. The minimum atomic E-state index is 0.00991. The van der Waals surface area contributed by atoms with Gasteiger partial charge in [-0.15, -0.1) is 11.3 Å². The van der Waals surface area contributed by atoms with E-state index in [4.69, 9.17) is 9.72 Å². The molecule has 184 valence electrons. The van der Waals surface area contributed by atoms with Crippen LogP contribution in [0.2, 0.25) is 0 Å². The highest BCUT2D eigenvalue weighted by Crippen LogP contribution is 2.30. The second kappa shape index (κ2) is 10.2. The molecule has 0 radical (unpaired) electrons. The number of nitrogens with zero attached hydrogens (tertiary/aromatic N) is 4. The Kier molecular flexibility index (Phi) is 6.53. The monoisotopic (exact) mass is 499 g/mol. The van der Waals surface area contributed by atoms with Gasteiger partial charge in [-0.1, -0.05) is 18.2 Å². The van der Waals surface area contributed by atoms with Crippen molar-refractivity contribution in [3.05, 3.63) is 94.3 Å². The summed E-state index contributed by atoms with van der Waals surface area (Å²) in [5.74, 6) is 0.00991. The third kappa shape index (κ3) is 5.05. The van der Waals surface area contributed by atoms with Gasteiger partial charge in [-0.25, -0.2) is 9.67 Å². The van der Waals surface area contributed by atoms with Gasteiger partial charge in [-0.3, -0.25) is 4.79 Å². The molecule has 2 aliphatic heterocycles. The number of rotatable bonds is 6. The van der Waals surface area contributed by atoms with Crippen LogP contribution in [0.3, 0.4) is 0 Å². The number of amides is 1. The molecular weight excluding hydrogens is 470 g/mol. The molecule has 1 amide bonds. The van der Waals surface area contributed by atoms with Crippen LogP contribution in [0.15, 0.2) is 67.1 Å². The van der Waals surface area contributed by atoms with Crippen LogP contribution < -0.4 is 10.2 Å². The van der Waals surface area contributed by atoms with Crippen molar-refractivity contribution in [1.82, 2.24) is 20.1 Å². The Morgan fingerprint density at radius 3 is 2.89 bits per heavy atom. The van der Waals surface area contributed by atoms with Crippen molar-refractivity contribution >= 4 is 22.4 Å². The topological polar surface area (TPSA) is 72.3 Å². The molecule has 1 fully saturated rings. The Morgan fingerprint density at radius 2 is 2.03 bits per heavy atom. The molecule has 0 atom stereocenters. The highest BCUT2D eigenvalue weighted by molar-refractivity contribution is 7.15. The molecule has 0 saturated carbocycles. The summed E-state index contributed by atoms with van der Waals surface area (Å²) in [5, 5.41) is 8.55. The van der Waals surface area contributed by atoms with E-state index in [0.717, 1.165) is 68.4 Å². The van der Waals surface area contributed by atoms with Gasteiger partial charge in [-0.2, -0.15) is 5.10 Å². The van der Waals surface area contributed by atoms with Crippen molar-refractivity contribution in [3.8, 4) is 5.69 Å². The van der Waals surface area contributed by atoms with E-state index in [1.807, 2.05) is 29.2 Å². The maximum absolute atomic E-state index is 12.8. The van der Waals surface area contributed by atoms with Crippen LogP contribution in [-0.2, 0) is 24.1 Å². The van der Waals surface area contributed by atoms with Crippen molar-refractivity contribution < 1.29 is 9.53 Å². The highest BCUT2D eigenvalue weighted by Gasteiger charge is 2.22. The summed E-state index contributed by atoms with van der Waals surface area (Å²) >= 11 is 1.75. The van der Waals surface area contributed by atoms with Gasteiger partial charge in [0, 0.05) is 67.8 Å². The van der Waals surface area contributed by atoms with E-state index in [9.17, 15) is 4.79 Å². The molecular formula is C28H29N5O2S. The number of carbonyl (C=O) groups is 1. The van der Waals surface area contributed by atoms with Gasteiger partial charge in [0.15, 0.2) is 5.13 Å². The fourth-order valence-electron chi connectivity index (χ4n) is 4.93. The smallest absolute Gasteiger partial charge is 0.251 e. The van der Waals surface area contributed by atoms with Gasteiger partial charge in [0.25, 0.3) is 5.91 Å². The molecule has 4 heterocycles. The van der Waals surface area contributed by atoms with Crippen LogP contribution in [0.1, 0.15) is 44.8 Å². The number of aromatic nitrogens is 3. The molecule has 1 N–H and O–H groups in total. The van der Waals surface area contributed by atoms with E-state index >= 15 is 0 Å². The van der Waals surface area contributed by atoms with Crippen LogP contribution in [0, 0.1) is 0 Å².